The number of anilines is 2. The number of piperidine rings is 1. The molecule has 3 amide bonds. The van der Waals surface area contributed by atoms with Crippen LogP contribution in [0.15, 0.2) is 120 Å². The van der Waals surface area contributed by atoms with E-state index in [1.54, 1.807) is 6.07 Å². The molecule has 5 aromatic carbocycles. The van der Waals surface area contributed by atoms with Gasteiger partial charge in [-0.15, -0.1) is 0 Å². The molecule has 1 fully saturated rings. The van der Waals surface area contributed by atoms with Gasteiger partial charge in [-0.2, -0.15) is 0 Å². The summed E-state index contributed by atoms with van der Waals surface area (Å²) >= 11 is 1.10. The normalized spacial score (nSPS) is 13.4. The number of aromatic hydroxyl groups is 1. The lowest BCUT2D eigenvalue weighted by Crippen LogP contribution is -2.46. The Morgan fingerprint density at radius 3 is 2.39 bits per heavy atom. The Morgan fingerprint density at radius 1 is 0.821 bits per heavy atom. The fourth-order valence-electron chi connectivity index (χ4n) is 7.00. The summed E-state index contributed by atoms with van der Waals surface area (Å²) in [4.78, 5) is 42.4. The number of ether oxygens (including phenoxy) is 1. The number of phenolic OH excluding ortho intramolecular Hbond substituents is 1. The third-order valence-corrected chi connectivity index (χ3v) is 11.0. The van der Waals surface area contributed by atoms with Crippen molar-refractivity contribution in [2.75, 3.05) is 43.4 Å². The van der Waals surface area contributed by atoms with Crippen LogP contribution in [0.25, 0.3) is 21.3 Å². The van der Waals surface area contributed by atoms with Gasteiger partial charge in [-0.1, -0.05) is 96.3 Å². The number of aromatic amines is 1. The Bertz CT molecular complexity index is 2300. The molecule has 12 heteroatoms. The number of hydrogen-bond acceptors (Lipinski definition) is 8. The summed E-state index contributed by atoms with van der Waals surface area (Å²) < 4.78 is 6.69. The van der Waals surface area contributed by atoms with Crippen LogP contribution >= 0.6 is 11.3 Å². The van der Waals surface area contributed by atoms with Gasteiger partial charge in [0, 0.05) is 49.0 Å². The molecule has 1 aliphatic rings. The van der Waals surface area contributed by atoms with Crippen molar-refractivity contribution < 1.29 is 19.4 Å². The number of carbonyl (C=O) groups is 2. The topological polar surface area (TPSA) is 148 Å². The molecule has 1 saturated heterocycles. The van der Waals surface area contributed by atoms with E-state index >= 15 is 0 Å². The van der Waals surface area contributed by atoms with Crippen LogP contribution in [0.4, 0.5) is 16.2 Å². The van der Waals surface area contributed by atoms with Crippen LogP contribution in [-0.4, -0.2) is 65.8 Å². The summed E-state index contributed by atoms with van der Waals surface area (Å²) in [6.07, 6.45) is 3.36. The van der Waals surface area contributed by atoms with Gasteiger partial charge < -0.3 is 41.0 Å². The molecule has 0 unspecified atom stereocenters. The number of para-hydroxylation sites is 2. The van der Waals surface area contributed by atoms with Crippen molar-refractivity contribution in [3.8, 4) is 22.6 Å². The first-order chi connectivity index (χ1) is 27.4. The van der Waals surface area contributed by atoms with Crippen LogP contribution < -0.4 is 30.9 Å². The maximum atomic E-state index is 12.9. The molecule has 6 aromatic rings. The van der Waals surface area contributed by atoms with Gasteiger partial charge in [-0.25, -0.2) is 4.79 Å². The Kier molecular flexibility index (Phi) is 12.7. The van der Waals surface area contributed by atoms with E-state index in [0.29, 0.717) is 36.5 Å². The zero-order chi connectivity index (χ0) is 38.7. The first-order valence-corrected chi connectivity index (χ1v) is 19.8. The van der Waals surface area contributed by atoms with Crippen molar-refractivity contribution in [2.24, 2.45) is 0 Å². The third-order valence-electron chi connectivity index (χ3n) is 9.99. The predicted octanol–water partition coefficient (Wildman–Crippen LogP) is 7.14. The average Bonchev–Trinajstić information content (AvgIpc) is 3.63. The highest BCUT2D eigenvalue weighted by Crippen LogP contribution is 2.29. The molecule has 0 bridgehead atoms. The van der Waals surface area contributed by atoms with E-state index in [-0.39, 0.29) is 35.2 Å². The molecule has 0 aliphatic carbocycles. The van der Waals surface area contributed by atoms with E-state index in [9.17, 15) is 19.5 Å². The van der Waals surface area contributed by atoms with Gasteiger partial charge in [-0.3, -0.25) is 9.59 Å². The molecule has 288 valence electrons. The average molecular weight is 771 g/mol. The molecule has 0 radical (unpaired) electrons. The number of aromatic nitrogens is 1. The van der Waals surface area contributed by atoms with Gasteiger partial charge in [-0.05, 0) is 79.3 Å². The molecule has 7 rings (SSSR count). The molecular weight excluding hydrogens is 725 g/mol. The van der Waals surface area contributed by atoms with Crippen LogP contribution in [-0.2, 0) is 24.2 Å². The van der Waals surface area contributed by atoms with Crippen LogP contribution in [0.5, 0.6) is 11.5 Å². The van der Waals surface area contributed by atoms with E-state index < -0.39 is 0 Å². The Hall–Kier alpha value is -5.95. The number of nitrogens with one attached hydrogen (secondary N) is 5. The van der Waals surface area contributed by atoms with Crippen molar-refractivity contribution >= 4 is 44.9 Å². The highest BCUT2D eigenvalue weighted by atomic mass is 32.1. The number of urea groups is 1. The largest absolute Gasteiger partial charge is 0.506 e. The fraction of sp³-hybridized carbons (Fsp3) is 0.250. The molecule has 0 atom stereocenters. The van der Waals surface area contributed by atoms with E-state index in [1.807, 2.05) is 109 Å². The van der Waals surface area contributed by atoms with Crippen molar-refractivity contribution in [3.63, 3.8) is 0 Å². The summed E-state index contributed by atoms with van der Waals surface area (Å²) in [6.45, 7) is 3.83. The molecule has 0 spiro atoms. The monoisotopic (exact) mass is 770 g/mol. The minimum atomic E-state index is -0.243. The Balaban J connectivity index is 0.796. The van der Waals surface area contributed by atoms with Crippen LogP contribution in [0, 0.1) is 0 Å². The van der Waals surface area contributed by atoms with E-state index in [0.717, 1.165) is 82.9 Å². The van der Waals surface area contributed by atoms with Crippen molar-refractivity contribution in [2.45, 2.75) is 38.3 Å². The minimum Gasteiger partial charge on any atom is -0.506 e. The maximum absolute atomic E-state index is 12.9. The molecule has 1 aliphatic heterocycles. The SMILES string of the molecule is O=C(COc1ccccc1CNCCc1ccc(O)c2[nH]c(=O)sc12)Nc1ccc(CCN2CCC(NC(=O)Nc3ccccc3-c3ccccc3)CC2)cc1. The number of benzene rings is 5. The van der Waals surface area contributed by atoms with Crippen LogP contribution in [0.2, 0.25) is 0 Å². The van der Waals surface area contributed by atoms with Gasteiger partial charge in [0.1, 0.15) is 17.0 Å². The number of carbonyl (C=O) groups excluding carboxylic acids is 2. The Morgan fingerprint density at radius 2 is 1.57 bits per heavy atom. The maximum Gasteiger partial charge on any atom is 0.319 e. The number of fused-ring (bicyclic) bond motifs is 1. The van der Waals surface area contributed by atoms with Crippen molar-refractivity contribution in [1.82, 2.24) is 20.5 Å². The minimum absolute atomic E-state index is 0.0711. The van der Waals surface area contributed by atoms with Gasteiger partial charge >= 0.3 is 10.9 Å². The quantitative estimate of drug-likeness (QED) is 0.0609. The number of thiazole rings is 1. The summed E-state index contributed by atoms with van der Waals surface area (Å²) in [5.74, 6) is 0.462. The zero-order valence-corrected chi connectivity index (χ0v) is 31.9. The van der Waals surface area contributed by atoms with Crippen molar-refractivity contribution in [1.29, 1.82) is 0 Å². The number of likely N-dealkylation sites (tertiary alicyclic amines) is 1. The smallest absolute Gasteiger partial charge is 0.319 e. The molecule has 56 heavy (non-hydrogen) atoms. The first-order valence-electron chi connectivity index (χ1n) is 19.0. The molecule has 2 heterocycles. The number of phenols is 1. The standard InChI is InChI=1S/C44H46N6O5S/c51-38-19-16-32(42-41(38)49-44(54)56-42)20-24-45-28-33-10-4-7-13-39(33)55-29-40(52)46-34-17-14-30(15-18-34)21-25-50-26-22-35(23-27-50)47-43(53)48-37-12-6-5-11-36(37)31-8-2-1-3-9-31/h1-19,35,45,51H,20-29H2,(H,46,52)(H,49,54)(H2,47,48,53). The van der Waals surface area contributed by atoms with E-state index in [4.69, 9.17) is 4.74 Å². The summed E-state index contributed by atoms with van der Waals surface area (Å²) in [6, 6.07) is 36.9. The molecule has 6 N–H and O–H groups in total. The van der Waals surface area contributed by atoms with Gasteiger partial charge in [0.25, 0.3) is 5.91 Å². The lowest BCUT2D eigenvalue weighted by atomic mass is 10.0. The number of amides is 3. The summed E-state index contributed by atoms with van der Waals surface area (Å²) in [5.41, 5.74) is 7.14. The zero-order valence-electron chi connectivity index (χ0n) is 31.1. The molecular formula is C44H46N6O5S. The van der Waals surface area contributed by atoms with E-state index in [1.165, 1.54) is 5.56 Å². The van der Waals surface area contributed by atoms with Gasteiger partial charge in [0.2, 0.25) is 0 Å². The van der Waals surface area contributed by atoms with E-state index in [2.05, 4.69) is 31.2 Å². The Labute approximate surface area is 329 Å². The second kappa shape index (κ2) is 18.6. The number of nitrogens with zero attached hydrogens (tertiary/aromatic N) is 1. The summed E-state index contributed by atoms with van der Waals surface area (Å²) in [5, 5.41) is 22.6. The van der Waals surface area contributed by atoms with Crippen molar-refractivity contribution in [3.05, 3.63) is 142 Å². The lowest BCUT2D eigenvalue weighted by Gasteiger charge is -2.32. The summed E-state index contributed by atoms with van der Waals surface area (Å²) in [7, 11) is 0. The molecule has 1 aromatic heterocycles. The third kappa shape index (κ3) is 10.2. The lowest BCUT2D eigenvalue weighted by molar-refractivity contribution is -0.118. The second-order valence-electron chi connectivity index (χ2n) is 13.9. The predicted molar refractivity (Wildman–Crippen MR) is 224 cm³/mol. The second-order valence-corrected chi connectivity index (χ2v) is 14.9. The van der Waals surface area contributed by atoms with Crippen LogP contribution in [0.1, 0.15) is 29.5 Å². The van der Waals surface area contributed by atoms with Gasteiger partial charge in [0.15, 0.2) is 6.61 Å². The highest BCUT2D eigenvalue weighted by molar-refractivity contribution is 7.16. The number of rotatable bonds is 15. The fourth-order valence-corrected chi connectivity index (χ4v) is 7.89. The van der Waals surface area contributed by atoms with Gasteiger partial charge in [0.05, 0.1) is 10.4 Å². The van der Waals surface area contributed by atoms with Crippen LogP contribution in [0.3, 0.4) is 0 Å². The molecule has 0 saturated carbocycles. The number of hydrogen-bond donors (Lipinski definition) is 6. The number of H-pyrrole nitrogens is 1. The first kappa shape index (κ1) is 38.3. The highest BCUT2D eigenvalue weighted by Gasteiger charge is 2.21. The molecule has 11 nitrogen and oxygen atoms in total.